The number of anilines is 1. The molecule has 0 amide bonds. The van der Waals surface area contributed by atoms with Crippen LogP contribution in [0.5, 0.6) is 0 Å². The van der Waals surface area contributed by atoms with Gasteiger partial charge in [0.05, 0.1) is 23.6 Å². The van der Waals surface area contributed by atoms with Gasteiger partial charge in [0.2, 0.25) is 0 Å². The minimum absolute atomic E-state index is 0.109. The van der Waals surface area contributed by atoms with Gasteiger partial charge in [0.1, 0.15) is 4.90 Å². The minimum atomic E-state index is -3.64. The van der Waals surface area contributed by atoms with Crippen molar-refractivity contribution in [1.82, 2.24) is 19.6 Å². The number of aromatic nitrogens is 4. The maximum atomic E-state index is 12.3. The van der Waals surface area contributed by atoms with Crippen molar-refractivity contribution in [2.24, 2.45) is 0 Å². The van der Waals surface area contributed by atoms with E-state index in [1.165, 1.54) is 18.6 Å². The third-order valence-electron chi connectivity index (χ3n) is 2.94. The van der Waals surface area contributed by atoms with E-state index in [1.54, 1.807) is 15.6 Å². The summed E-state index contributed by atoms with van der Waals surface area (Å²) >= 11 is 0. The summed E-state index contributed by atoms with van der Waals surface area (Å²) in [7, 11) is -3.64. The first kappa shape index (κ1) is 15.6. The highest BCUT2D eigenvalue weighted by atomic mass is 32.2. The maximum absolute atomic E-state index is 12.3. The summed E-state index contributed by atoms with van der Waals surface area (Å²) in [4.78, 5) is 0.139. The summed E-state index contributed by atoms with van der Waals surface area (Å²) in [6.07, 6.45) is 6.03. The second-order valence-electron chi connectivity index (χ2n) is 6.20. The number of rotatable bonds is 4. The zero-order chi connectivity index (χ0) is 15.8. The molecule has 0 saturated carbocycles. The molecule has 1 N–H and O–H groups in total. The zero-order valence-electron chi connectivity index (χ0n) is 12.9. The molecule has 2 rings (SSSR count). The van der Waals surface area contributed by atoms with Crippen LogP contribution in [-0.2, 0) is 15.6 Å². The van der Waals surface area contributed by atoms with Crippen LogP contribution in [0.25, 0.3) is 0 Å². The molecule has 0 unspecified atom stereocenters. The molecule has 116 valence electrons. The van der Waals surface area contributed by atoms with Crippen LogP contribution in [0.2, 0.25) is 0 Å². The number of hydrogen-bond acceptors (Lipinski definition) is 4. The van der Waals surface area contributed by atoms with E-state index in [1.807, 2.05) is 34.6 Å². The molecule has 0 fully saturated rings. The van der Waals surface area contributed by atoms with Crippen molar-refractivity contribution >= 4 is 15.7 Å². The fourth-order valence-electron chi connectivity index (χ4n) is 1.70. The second-order valence-corrected chi connectivity index (χ2v) is 7.88. The van der Waals surface area contributed by atoms with Gasteiger partial charge in [0.15, 0.2) is 0 Å². The smallest absolute Gasteiger partial charge is 0.265 e. The van der Waals surface area contributed by atoms with Crippen LogP contribution in [0.4, 0.5) is 5.69 Å². The molecule has 2 heterocycles. The van der Waals surface area contributed by atoms with Crippen LogP contribution in [0.1, 0.15) is 40.7 Å². The van der Waals surface area contributed by atoms with Gasteiger partial charge in [-0.3, -0.25) is 14.1 Å². The van der Waals surface area contributed by atoms with Gasteiger partial charge < -0.3 is 0 Å². The number of hydrogen-bond donors (Lipinski definition) is 1. The lowest BCUT2D eigenvalue weighted by Crippen LogP contribution is -2.22. The lowest BCUT2D eigenvalue weighted by molar-refractivity contribution is 0.355. The van der Waals surface area contributed by atoms with Gasteiger partial charge in [-0.25, -0.2) is 8.42 Å². The molecule has 0 radical (unpaired) electrons. The highest BCUT2D eigenvalue weighted by molar-refractivity contribution is 7.92. The largest absolute Gasteiger partial charge is 0.276 e. The predicted octanol–water partition coefficient (Wildman–Crippen LogP) is 2.22. The second kappa shape index (κ2) is 5.18. The fraction of sp³-hybridized carbons (Fsp3) is 0.538. The van der Waals surface area contributed by atoms with Crippen LogP contribution in [-0.4, -0.2) is 28.0 Å². The Bertz CT molecular complexity index is 722. The molecule has 2 aromatic heterocycles. The minimum Gasteiger partial charge on any atom is -0.276 e. The van der Waals surface area contributed by atoms with Gasteiger partial charge in [-0.1, -0.05) is 0 Å². The Morgan fingerprint density at radius 3 is 2.29 bits per heavy atom. The topological polar surface area (TPSA) is 81.8 Å². The first-order chi connectivity index (χ1) is 9.59. The number of sulfonamides is 1. The number of nitrogens with zero attached hydrogens (tertiary/aromatic N) is 4. The average Bonchev–Trinajstić information content (AvgIpc) is 2.94. The van der Waals surface area contributed by atoms with Crippen molar-refractivity contribution in [3.05, 3.63) is 24.8 Å². The molecule has 21 heavy (non-hydrogen) atoms. The van der Waals surface area contributed by atoms with E-state index in [0.717, 1.165) is 0 Å². The van der Waals surface area contributed by atoms with E-state index in [0.29, 0.717) is 5.69 Å². The highest BCUT2D eigenvalue weighted by Crippen LogP contribution is 2.19. The van der Waals surface area contributed by atoms with E-state index in [2.05, 4.69) is 14.9 Å². The molecule has 0 aromatic carbocycles. The van der Waals surface area contributed by atoms with Gasteiger partial charge in [-0.2, -0.15) is 10.2 Å². The van der Waals surface area contributed by atoms with Crippen LogP contribution in [0, 0.1) is 0 Å². The van der Waals surface area contributed by atoms with E-state index >= 15 is 0 Å². The van der Waals surface area contributed by atoms with E-state index in [4.69, 9.17) is 0 Å². The quantitative estimate of drug-likeness (QED) is 0.938. The van der Waals surface area contributed by atoms with Gasteiger partial charge in [0, 0.05) is 18.4 Å². The van der Waals surface area contributed by atoms with Crippen LogP contribution >= 0.6 is 0 Å². The molecule has 0 atom stereocenters. The van der Waals surface area contributed by atoms with Crippen molar-refractivity contribution in [2.75, 3.05) is 4.72 Å². The van der Waals surface area contributed by atoms with Crippen molar-refractivity contribution < 1.29 is 8.42 Å². The molecule has 0 aliphatic rings. The monoisotopic (exact) mass is 311 g/mol. The van der Waals surface area contributed by atoms with E-state index < -0.39 is 10.0 Å². The molecule has 0 spiro atoms. The fourth-order valence-corrected chi connectivity index (χ4v) is 2.66. The zero-order valence-corrected chi connectivity index (χ0v) is 13.7. The summed E-state index contributed by atoms with van der Waals surface area (Å²) in [5, 5.41) is 8.21. The normalized spacial score (nSPS) is 12.9. The first-order valence-electron chi connectivity index (χ1n) is 6.72. The number of nitrogens with one attached hydrogen (secondary N) is 1. The lowest BCUT2D eigenvalue weighted by Gasteiger charge is -2.18. The Morgan fingerprint density at radius 1 is 1.14 bits per heavy atom. The summed E-state index contributed by atoms with van der Waals surface area (Å²) in [6, 6.07) is 0.109. The molecule has 0 aliphatic carbocycles. The molecule has 8 heteroatoms. The Balaban J connectivity index is 2.23. The summed E-state index contributed by atoms with van der Waals surface area (Å²) in [5.74, 6) is 0. The Labute approximate surface area is 125 Å². The molecule has 0 saturated heterocycles. The Kier molecular flexibility index (Phi) is 3.83. The first-order valence-corrected chi connectivity index (χ1v) is 8.20. The third-order valence-corrected chi connectivity index (χ3v) is 4.28. The van der Waals surface area contributed by atoms with Gasteiger partial charge >= 0.3 is 0 Å². The Hall–Kier alpha value is -1.83. The summed E-state index contributed by atoms with van der Waals surface area (Å²) in [6.45, 7) is 9.84. The summed E-state index contributed by atoms with van der Waals surface area (Å²) in [5.41, 5.74) is 0.230. The molecule has 0 aliphatic heterocycles. The average molecular weight is 311 g/mol. The van der Waals surface area contributed by atoms with Gasteiger partial charge in [-0.05, 0) is 34.6 Å². The summed E-state index contributed by atoms with van der Waals surface area (Å²) < 4.78 is 30.4. The van der Waals surface area contributed by atoms with Gasteiger partial charge in [-0.15, -0.1) is 0 Å². The van der Waals surface area contributed by atoms with Crippen molar-refractivity contribution in [3.63, 3.8) is 0 Å². The molecule has 0 bridgehead atoms. The molecule has 7 nitrogen and oxygen atoms in total. The van der Waals surface area contributed by atoms with Crippen molar-refractivity contribution in [3.8, 4) is 0 Å². The predicted molar refractivity (Wildman–Crippen MR) is 80.6 cm³/mol. The van der Waals surface area contributed by atoms with Crippen molar-refractivity contribution in [1.29, 1.82) is 0 Å². The maximum Gasteiger partial charge on any atom is 0.265 e. The lowest BCUT2D eigenvalue weighted by atomic mass is 10.1. The standard InChI is InChI=1S/C13H21N5O2S/c1-10(2)17-9-12(7-14-17)21(19,20)16-11-6-15-18(8-11)13(3,4)5/h6-10,16H,1-5H3. The van der Waals surface area contributed by atoms with Crippen molar-refractivity contribution in [2.45, 2.75) is 51.1 Å². The highest BCUT2D eigenvalue weighted by Gasteiger charge is 2.20. The van der Waals surface area contributed by atoms with E-state index in [9.17, 15) is 8.42 Å². The van der Waals surface area contributed by atoms with Gasteiger partial charge in [0.25, 0.3) is 10.0 Å². The van der Waals surface area contributed by atoms with E-state index in [-0.39, 0.29) is 16.5 Å². The van der Waals surface area contributed by atoms with Crippen LogP contribution in [0.3, 0.4) is 0 Å². The third kappa shape index (κ3) is 3.44. The SMILES string of the molecule is CC(C)n1cc(S(=O)(=O)Nc2cnn(C(C)(C)C)c2)cn1. The van der Waals surface area contributed by atoms with Crippen LogP contribution in [0.15, 0.2) is 29.7 Å². The molecular weight excluding hydrogens is 290 g/mol. The molecular formula is C13H21N5O2S. The Morgan fingerprint density at radius 2 is 1.81 bits per heavy atom. The molecule has 2 aromatic rings. The van der Waals surface area contributed by atoms with Crippen LogP contribution < -0.4 is 4.72 Å².